The number of carbonyl (C=O) groups is 1. The average Bonchev–Trinajstić information content (AvgIpc) is 2.20. The average molecular weight is 188 g/mol. The van der Waals surface area contributed by atoms with E-state index in [1.807, 2.05) is 12.1 Å². The highest BCUT2D eigenvalue weighted by Crippen LogP contribution is 2.25. The van der Waals surface area contributed by atoms with Crippen molar-refractivity contribution in [1.82, 2.24) is 0 Å². The van der Waals surface area contributed by atoms with Crippen LogP contribution in [0.2, 0.25) is 0 Å². The topological polar surface area (TPSA) is 17.1 Å². The zero-order valence-corrected chi connectivity index (χ0v) is 8.68. The summed E-state index contributed by atoms with van der Waals surface area (Å²) >= 11 is 0. The molecule has 0 atom stereocenters. The van der Waals surface area contributed by atoms with E-state index in [4.69, 9.17) is 0 Å². The Kier molecular flexibility index (Phi) is 2.67. The fraction of sp³-hybridized carbons (Fsp3) is 0.462. The quantitative estimate of drug-likeness (QED) is 0.696. The van der Waals surface area contributed by atoms with Crippen molar-refractivity contribution >= 4 is 5.78 Å². The van der Waals surface area contributed by atoms with Crippen LogP contribution in [0.4, 0.5) is 0 Å². The summed E-state index contributed by atoms with van der Waals surface area (Å²) in [4.78, 5) is 11.6. The molecule has 2 rings (SSSR count). The molecule has 0 saturated carbocycles. The van der Waals surface area contributed by atoms with Gasteiger partial charge in [0.25, 0.3) is 0 Å². The molecule has 0 bridgehead atoms. The molecule has 0 N–H and O–H groups in total. The van der Waals surface area contributed by atoms with Crippen molar-refractivity contribution in [1.29, 1.82) is 0 Å². The summed E-state index contributed by atoms with van der Waals surface area (Å²) in [6.07, 6.45) is 5.13. The Balaban J connectivity index is 2.44. The van der Waals surface area contributed by atoms with Gasteiger partial charge in [0.2, 0.25) is 0 Å². The third kappa shape index (κ3) is 1.59. The molecule has 0 amide bonds. The lowest BCUT2D eigenvalue weighted by molar-refractivity contribution is 0.0972. The Morgan fingerprint density at radius 3 is 2.93 bits per heavy atom. The van der Waals surface area contributed by atoms with E-state index in [2.05, 4.69) is 13.0 Å². The molecule has 0 aromatic heterocycles. The number of aryl methyl sites for hydroxylation is 1. The largest absolute Gasteiger partial charge is 0.294 e. The second kappa shape index (κ2) is 3.95. The molecular formula is C13H16O. The maximum atomic E-state index is 11.6. The number of hydrogen-bond donors (Lipinski definition) is 0. The predicted octanol–water partition coefficient (Wildman–Crippen LogP) is 3.16. The third-order valence-electron chi connectivity index (χ3n) is 2.92. The molecule has 0 unspecified atom stereocenters. The van der Waals surface area contributed by atoms with Gasteiger partial charge in [0.1, 0.15) is 0 Å². The summed E-state index contributed by atoms with van der Waals surface area (Å²) in [6.45, 7) is 2.18. The van der Waals surface area contributed by atoms with Crippen LogP contribution in [0.5, 0.6) is 0 Å². The van der Waals surface area contributed by atoms with Crippen molar-refractivity contribution in [3.05, 3.63) is 34.9 Å². The molecule has 1 aliphatic carbocycles. The van der Waals surface area contributed by atoms with E-state index in [1.165, 1.54) is 11.1 Å². The van der Waals surface area contributed by atoms with Gasteiger partial charge >= 0.3 is 0 Å². The summed E-state index contributed by atoms with van der Waals surface area (Å²) in [5.74, 6) is 0.337. The van der Waals surface area contributed by atoms with Crippen LogP contribution in [0.1, 0.15) is 47.7 Å². The van der Waals surface area contributed by atoms with Crippen molar-refractivity contribution < 1.29 is 4.79 Å². The van der Waals surface area contributed by atoms with Crippen LogP contribution >= 0.6 is 0 Å². The molecule has 0 radical (unpaired) electrons. The van der Waals surface area contributed by atoms with Gasteiger partial charge in [-0.05, 0) is 30.4 Å². The van der Waals surface area contributed by atoms with E-state index in [0.717, 1.165) is 37.7 Å². The van der Waals surface area contributed by atoms with Gasteiger partial charge in [-0.1, -0.05) is 31.5 Å². The first-order valence-corrected chi connectivity index (χ1v) is 5.47. The highest BCUT2D eigenvalue weighted by Gasteiger charge is 2.18. The van der Waals surface area contributed by atoms with Gasteiger partial charge in [-0.15, -0.1) is 0 Å². The maximum absolute atomic E-state index is 11.6. The van der Waals surface area contributed by atoms with Gasteiger partial charge in [-0.3, -0.25) is 4.79 Å². The Morgan fingerprint density at radius 2 is 2.14 bits per heavy atom. The number of ketones is 1. The lowest BCUT2D eigenvalue weighted by Gasteiger charge is -2.17. The molecule has 14 heavy (non-hydrogen) atoms. The second-order valence-corrected chi connectivity index (χ2v) is 3.97. The smallest absolute Gasteiger partial charge is 0.163 e. The predicted molar refractivity (Wildman–Crippen MR) is 57.7 cm³/mol. The standard InChI is InChI=1S/C13H16O/c1-2-5-10-6-3-8-12-11(10)7-4-9-13(12)14/h3,6,8H,2,4-5,7,9H2,1H3. The first-order chi connectivity index (χ1) is 6.83. The highest BCUT2D eigenvalue weighted by molar-refractivity contribution is 5.98. The number of benzene rings is 1. The van der Waals surface area contributed by atoms with E-state index >= 15 is 0 Å². The number of hydrogen-bond acceptors (Lipinski definition) is 1. The molecule has 1 nitrogen and oxygen atoms in total. The molecule has 0 fully saturated rings. The summed E-state index contributed by atoms with van der Waals surface area (Å²) in [5.41, 5.74) is 3.70. The van der Waals surface area contributed by atoms with Crippen molar-refractivity contribution in [2.75, 3.05) is 0 Å². The minimum absolute atomic E-state index is 0.337. The molecule has 0 spiro atoms. The van der Waals surface area contributed by atoms with Crippen molar-refractivity contribution in [3.63, 3.8) is 0 Å². The first-order valence-electron chi connectivity index (χ1n) is 5.47. The van der Waals surface area contributed by atoms with Crippen molar-refractivity contribution in [2.24, 2.45) is 0 Å². The van der Waals surface area contributed by atoms with Gasteiger partial charge in [0.05, 0.1) is 0 Å². The van der Waals surface area contributed by atoms with Crippen LogP contribution in [0, 0.1) is 0 Å². The highest BCUT2D eigenvalue weighted by atomic mass is 16.1. The molecule has 1 aromatic rings. The lowest BCUT2D eigenvalue weighted by Crippen LogP contribution is -2.12. The van der Waals surface area contributed by atoms with Crippen molar-refractivity contribution in [2.45, 2.75) is 39.0 Å². The van der Waals surface area contributed by atoms with E-state index < -0.39 is 0 Å². The molecule has 74 valence electrons. The van der Waals surface area contributed by atoms with E-state index in [0.29, 0.717) is 5.78 Å². The molecule has 0 heterocycles. The molecule has 1 heteroatoms. The number of fused-ring (bicyclic) bond motifs is 1. The Labute approximate surface area is 85.1 Å². The monoisotopic (exact) mass is 188 g/mol. The van der Waals surface area contributed by atoms with Crippen LogP contribution < -0.4 is 0 Å². The fourth-order valence-electron chi connectivity index (χ4n) is 2.26. The zero-order chi connectivity index (χ0) is 9.97. The maximum Gasteiger partial charge on any atom is 0.163 e. The molecule has 1 aromatic carbocycles. The number of carbonyl (C=O) groups excluding carboxylic acids is 1. The third-order valence-corrected chi connectivity index (χ3v) is 2.92. The van der Waals surface area contributed by atoms with E-state index in [-0.39, 0.29) is 0 Å². The van der Waals surface area contributed by atoms with Crippen molar-refractivity contribution in [3.8, 4) is 0 Å². The Bertz CT molecular complexity index is 352. The van der Waals surface area contributed by atoms with Crippen LogP contribution in [0.15, 0.2) is 18.2 Å². The van der Waals surface area contributed by atoms with Gasteiger partial charge < -0.3 is 0 Å². The SMILES string of the molecule is CCCc1cccc2c1CCCC2=O. The van der Waals surface area contributed by atoms with Crippen LogP contribution in [-0.4, -0.2) is 5.78 Å². The van der Waals surface area contributed by atoms with Crippen LogP contribution in [0.25, 0.3) is 0 Å². The molecule has 0 saturated heterocycles. The molecule has 0 aliphatic heterocycles. The van der Waals surface area contributed by atoms with Gasteiger partial charge in [0, 0.05) is 12.0 Å². The summed E-state index contributed by atoms with van der Waals surface area (Å²) in [5, 5.41) is 0. The number of rotatable bonds is 2. The van der Waals surface area contributed by atoms with E-state index in [9.17, 15) is 4.79 Å². The second-order valence-electron chi connectivity index (χ2n) is 3.97. The Morgan fingerprint density at radius 1 is 1.29 bits per heavy atom. The van der Waals surface area contributed by atoms with E-state index in [1.54, 1.807) is 0 Å². The fourth-order valence-corrected chi connectivity index (χ4v) is 2.26. The minimum atomic E-state index is 0.337. The van der Waals surface area contributed by atoms with Gasteiger partial charge in [-0.25, -0.2) is 0 Å². The van der Waals surface area contributed by atoms with Crippen LogP contribution in [-0.2, 0) is 12.8 Å². The minimum Gasteiger partial charge on any atom is -0.294 e. The lowest BCUT2D eigenvalue weighted by atomic mass is 9.86. The summed E-state index contributed by atoms with van der Waals surface area (Å²) in [7, 11) is 0. The van der Waals surface area contributed by atoms with Crippen LogP contribution in [0.3, 0.4) is 0 Å². The van der Waals surface area contributed by atoms with Gasteiger partial charge in [0.15, 0.2) is 5.78 Å². The van der Waals surface area contributed by atoms with Gasteiger partial charge in [-0.2, -0.15) is 0 Å². The summed E-state index contributed by atoms with van der Waals surface area (Å²) in [6, 6.07) is 6.17. The summed E-state index contributed by atoms with van der Waals surface area (Å²) < 4.78 is 0. The normalized spacial score (nSPS) is 15.4. The first kappa shape index (κ1) is 9.45. The molecular weight excluding hydrogens is 172 g/mol. The number of Topliss-reactive ketones (excluding diaryl/α,β-unsaturated/α-hetero) is 1. The molecule has 1 aliphatic rings. The zero-order valence-electron chi connectivity index (χ0n) is 8.68. The Hall–Kier alpha value is -1.11.